The van der Waals surface area contributed by atoms with E-state index in [-0.39, 0.29) is 17.5 Å². The van der Waals surface area contributed by atoms with E-state index in [9.17, 15) is 4.79 Å². The van der Waals surface area contributed by atoms with Gasteiger partial charge < -0.3 is 14.2 Å². The average molecular weight is 551 g/mol. The lowest BCUT2D eigenvalue weighted by molar-refractivity contribution is -0.0594. The predicted octanol–water partition coefficient (Wildman–Crippen LogP) is 9.27. The fourth-order valence-corrected chi connectivity index (χ4v) is 10.0. The maximum Gasteiger partial charge on any atom is 0.342 e. The van der Waals surface area contributed by atoms with Gasteiger partial charge in [0, 0.05) is 6.42 Å². The first-order valence-electron chi connectivity index (χ1n) is 16.2. The van der Waals surface area contributed by atoms with Crippen LogP contribution in [0.1, 0.15) is 116 Å². The molecule has 1 aromatic carbocycles. The van der Waals surface area contributed by atoms with Crippen molar-refractivity contribution >= 4 is 5.97 Å². The highest BCUT2D eigenvalue weighted by Gasteiger charge is 2.59. The van der Waals surface area contributed by atoms with Crippen LogP contribution in [-0.4, -0.2) is 26.3 Å². The lowest BCUT2D eigenvalue weighted by Gasteiger charge is -2.58. The molecule has 8 unspecified atom stereocenters. The third-order valence-corrected chi connectivity index (χ3v) is 12.2. The quantitative estimate of drug-likeness (QED) is 0.227. The van der Waals surface area contributed by atoms with Crippen LogP contribution < -0.4 is 9.47 Å². The Labute approximate surface area is 243 Å². The van der Waals surface area contributed by atoms with Gasteiger partial charge in [-0.15, -0.1) is 0 Å². The summed E-state index contributed by atoms with van der Waals surface area (Å²) in [4.78, 5) is 13.2. The van der Waals surface area contributed by atoms with Crippen LogP contribution in [0.15, 0.2) is 29.8 Å². The second-order valence-electron chi connectivity index (χ2n) is 14.6. The Morgan fingerprint density at radius 2 is 1.77 bits per heavy atom. The zero-order valence-electron chi connectivity index (χ0n) is 26.3. The molecule has 1 aromatic rings. The molecule has 3 saturated carbocycles. The number of ether oxygens (including phenoxy) is 3. The first-order chi connectivity index (χ1) is 19.1. The third kappa shape index (κ3) is 5.22. The second kappa shape index (κ2) is 11.7. The highest BCUT2D eigenvalue weighted by atomic mass is 16.5. The summed E-state index contributed by atoms with van der Waals surface area (Å²) in [6, 6.07) is 5.39. The summed E-state index contributed by atoms with van der Waals surface area (Å²) < 4.78 is 17.0. The predicted molar refractivity (Wildman–Crippen MR) is 162 cm³/mol. The maximum absolute atomic E-state index is 13.2. The van der Waals surface area contributed by atoms with Crippen LogP contribution in [0, 0.1) is 46.3 Å². The topological polar surface area (TPSA) is 44.8 Å². The van der Waals surface area contributed by atoms with Crippen LogP contribution >= 0.6 is 0 Å². The largest absolute Gasteiger partial charge is 0.493 e. The van der Waals surface area contributed by atoms with Crippen LogP contribution in [0.5, 0.6) is 11.5 Å². The Kier molecular flexibility index (Phi) is 8.65. The van der Waals surface area contributed by atoms with Gasteiger partial charge >= 0.3 is 5.97 Å². The van der Waals surface area contributed by atoms with Gasteiger partial charge in [-0.25, -0.2) is 4.79 Å². The number of carbonyl (C=O) groups excluding carboxylic acids is 1. The third-order valence-electron chi connectivity index (χ3n) is 12.2. The van der Waals surface area contributed by atoms with Crippen LogP contribution in [0.3, 0.4) is 0 Å². The van der Waals surface area contributed by atoms with Crippen LogP contribution in [0.25, 0.3) is 0 Å². The molecule has 0 heterocycles. The van der Waals surface area contributed by atoms with Crippen molar-refractivity contribution in [3.8, 4) is 11.5 Å². The number of fused-ring (bicyclic) bond motifs is 5. The summed E-state index contributed by atoms with van der Waals surface area (Å²) in [7, 11) is 3.16. The van der Waals surface area contributed by atoms with Crippen molar-refractivity contribution in [2.75, 3.05) is 14.2 Å². The lowest BCUT2D eigenvalue weighted by atomic mass is 9.47. The molecule has 4 heteroatoms. The number of carbonyl (C=O) groups is 1. The van der Waals surface area contributed by atoms with E-state index in [2.05, 4.69) is 40.7 Å². The first-order valence-corrected chi connectivity index (χ1v) is 16.2. The zero-order chi connectivity index (χ0) is 28.7. The molecule has 0 bridgehead atoms. The summed E-state index contributed by atoms with van der Waals surface area (Å²) in [5.74, 6) is 5.72. The molecule has 0 aromatic heterocycles. The van der Waals surface area contributed by atoms with E-state index < -0.39 is 0 Å². The summed E-state index contributed by atoms with van der Waals surface area (Å²) >= 11 is 0. The molecule has 40 heavy (non-hydrogen) atoms. The molecular formula is C36H54O4. The molecule has 0 aliphatic heterocycles. The number of esters is 1. The number of hydrogen-bond donors (Lipinski definition) is 0. The summed E-state index contributed by atoms with van der Waals surface area (Å²) in [6.07, 6.45) is 16.4. The molecule has 4 nitrogen and oxygen atoms in total. The van der Waals surface area contributed by atoms with E-state index in [1.165, 1.54) is 51.4 Å². The van der Waals surface area contributed by atoms with E-state index in [1.54, 1.807) is 31.9 Å². The Morgan fingerprint density at radius 3 is 2.50 bits per heavy atom. The zero-order valence-corrected chi connectivity index (χ0v) is 26.3. The fraction of sp³-hybridized carbons (Fsp3) is 0.750. The number of rotatable bonds is 9. The first kappa shape index (κ1) is 29.5. The van der Waals surface area contributed by atoms with Crippen molar-refractivity contribution < 1.29 is 19.0 Å². The molecule has 5 rings (SSSR count). The van der Waals surface area contributed by atoms with Gasteiger partial charge in [-0.1, -0.05) is 71.6 Å². The van der Waals surface area contributed by atoms with Crippen LogP contribution in [0.2, 0.25) is 0 Å². The van der Waals surface area contributed by atoms with Gasteiger partial charge in [-0.3, -0.25) is 0 Å². The minimum Gasteiger partial charge on any atom is -0.493 e. The van der Waals surface area contributed by atoms with Crippen LogP contribution in [0.4, 0.5) is 0 Å². The molecule has 4 aliphatic carbocycles. The SMILES string of the molecule is COc1cccc(C(=O)OC2CCC3(C)C(=CCC4C3CCC3(C)C(C(C)CCCC(C)C)CCC43)C2)c1OC. The number of methoxy groups -OCH3 is 2. The second-order valence-corrected chi connectivity index (χ2v) is 14.6. The molecule has 4 aliphatic rings. The van der Waals surface area contributed by atoms with Gasteiger partial charge in [0.2, 0.25) is 0 Å². The number of hydrogen-bond acceptors (Lipinski definition) is 4. The summed E-state index contributed by atoms with van der Waals surface area (Å²) in [5.41, 5.74) is 2.76. The summed E-state index contributed by atoms with van der Waals surface area (Å²) in [5, 5.41) is 0. The molecule has 0 amide bonds. The molecule has 0 spiro atoms. The molecular weight excluding hydrogens is 496 g/mol. The number of para-hydroxylation sites is 1. The number of allylic oxidation sites excluding steroid dienone is 1. The monoisotopic (exact) mass is 550 g/mol. The van der Waals surface area contributed by atoms with Crippen molar-refractivity contribution in [3.05, 3.63) is 35.4 Å². The van der Waals surface area contributed by atoms with Gasteiger partial charge in [0.1, 0.15) is 11.7 Å². The minimum absolute atomic E-state index is 0.0734. The highest BCUT2D eigenvalue weighted by molar-refractivity contribution is 5.93. The van der Waals surface area contributed by atoms with Gasteiger partial charge in [0.25, 0.3) is 0 Å². The Balaban J connectivity index is 1.26. The molecule has 0 radical (unpaired) electrons. The molecule has 8 atom stereocenters. The van der Waals surface area contributed by atoms with E-state index in [1.807, 2.05) is 6.07 Å². The highest BCUT2D eigenvalue weighted by Crippen LogP contribution is 2.67. The van der Waals surface area contributed by atoms with E-state index in [4.69, 9.17) is 14.2 Å². The van der Waals surface area contributed by atoms with Gasteiger partial charge in [-0.05, 0) is 103 Å². The molecule has 222 valence electrons. The Morgan fingerprint density at radius 1 is 0.975 bits per heavy atom. The van der Waals surface area contributed by atoms with Crippen molar-refractivity contribution in [2.45, 2.75) is 111 Å². The van der Waals surface area contributed by atoms with E-state index in [0.29, 0.717) is 22.5 Å². The molecule has 0 saturated heterocycles. The van der Waals surface area contributed by atoms with E-state index >= 15 is 0 Å². The maximum atomic E-state index is 13.2. The number of benzene rings is 1. The van der Waals surface area contributed by atoms with Gasteiger partial charge in [0.05, 0.1) is 14.2 Å². The van der Waals surface area contributed by atoms with Crippen molar-refractivity contribution in [2.24, 2.45) is 46.3 Å². The smallest absolute Gasteiger partial charge is 0.342 e. The van der Waals surface area contributed by atoms with Crippen molar-refractivity contribution in [1.82, 2.24) is 0 Å². The average Bonchev–Trinajstić information content (AvgIpc) is 3.29. The molecule has 3 fully saturated rings. The van der Waals surface area contributed by atoms with Crippen molar-refractivity contribution in [1.29, 1.82) is 0 Å². The molecule has 0 N–H and O–H groups in total. The fourth-order valence-electron chi connectivity index (χ4n) is 10.0. The van der Waals surface area contributed by atoms with Gasteiger partial charge in [-0.2, -0.15) is 0 Å². The minimum atomic E-state index is -0.313. The van der Waals surface area contributed by atoms with Crippen molar-refractivity contribution in [3.63, 3.8) is 0 Å². The summed E-state index contributed by atoms with van der Waals surface area (Å²) in [6.45, 7) is 12.5. The van der Waals surface area contributed by atoms with E-state index in [0.717, 1.165) is 54.8 Å². The van der Waals surface area contributed by atoms with Crippen LogP contribution in [-0.2, 0) is 4.74 Å². The Bertz CT molecular complexity index is 1090. The lowest BCUT2D eigenvalue weighted by Crippen LogP contribution is -2.51. The normalized spacial score (nSPS) is 35.7. The Hall–Kier alpha value is -1.97. The standard InChI is InChI=1S/C36H54O4/c1-23(2)10-8-11-24(3)29-16-17-30-27-15-14-25-22-26(18-20-35(25,4)31(27)19-21-36(29,30)5)40-34(37)28-12-9-13-32(38-6)33(28)39-7/h9,12-14,23-24,26-27,29-31H,8,10-11,15-22H2,1-7H3. The van der Waals surface area contributed by atoms with Gasteiger partial charge in [0.15, 0.2) is 11.5 Å².